The molecule has 0 radical (unpaired) electrons. The number of hydrazine groups is 1. The molecule has 0 saturated carbocycles. The van der Waals surface area contributed by atoms with Crippen LogP contribution >= 0.6 is 0 Å². The van der Waals surface area contributed by atoms with Crippen molar-refractivity contribution in [3.8, 4) is 0 Å². The molecule has 1 saturated heterocycles. The molecule has 2 heterocycles. The summed E-state index contributed by atoms with van der Waals surface area (Å²) in [7, 11) is 0. The van der Waals surface area contributed by atoms with Crippen LogP contribution in [0, 0.1) is 6.92 Å². The summed E-state index contributed by atoms with van der Waals surface area (Å²) < 4.78 is 10.5. The van der Waals surface area contributed by atoms with Crippen LogP contribution in [-0.4, -0.2) is 13.2 Å². The van der Waals surface area contributed by atoms with Gasteiger partial charge in [-0.15, -0.1) is 0 Å². The monoisotopic (exact) mass is 168 g/mol. The maximum atomic E-state index is 5.46. The van der Waals surface area contributed by atoms with E-state index in [9.17, 15) is 0 Å². The van der Waals surface area contributed by atoms with Crippen molar-refractivity contribution in [1.29, 1.82) is 0 Å². The van der Waals surface area contributed by atoms with Gasteiger partial charge in [0.25, 0.3) is 0 Å². The molecule has 3 N–H and O–H groups in total. The Morgan fingerprint density at radius 3 is 2.58 bits per heavy atom. The number of ether oxygens (including phenoxy) is 1. The Labute approximate surface area is 70.7 Å². The maximum Gasteiger partial charge on any atom is 0.136 e. The summed E-state index contributed by atoms with van der Waals surface area (Å²) >= 11 is 0. The Morgan fingerprint density at radius 2 is 2.25 bits per heavy atom. The summed E-state index contributed by atoms with van der Waals surface area (Å²) in [5, 5.41) is 0. The highest BCUT2D eigenvalue weighted by molar-refractivity contribution is 5.18. The van der Waals surface area contributed by atoms with E-state index in [0.717, 1.165) is 11.5 Å². The van der Waals surface area contributed by atoms with Crippen molar-refractivity contribution >= 4 is 0 Å². The Bertz CT molecular complexity index is 273. The highest BCUT2D eigenvalue weighted by Crippen LogP contribution is 2.29. The van der Waals surface area contributed by atoms with E-state index >= 15 is 0 Å². The highest BCUT2D eigenvalue weighted by Gasteiger charge is 2.42. The zero-order valence-electron chi connectivity index (χ0n) is 6.96. The van der Waals surface area contributed by atoms with Gasteiger partial charge < -0.3 is 9.15 Å². The van der Waals surface area contributed by atoms with Crippen LogP contribution < -0.4 is 11.3 Å². The number of nitrogens with one attached hydrogen (secondary N) is 1. The lowest BCUT2D eigenvalue weighted by Gasteiger charge is -2.38. The molecule has 0 atom stereocenters. The summed E-state index contributed by atoms with van der Waals surface area (Å²) in [6.07, 6.45) is 0. The number of furan rings is 1. The molecule has 1 aromatic rings. The van der Waals surface area contributed by atoms with Gasteiger partial charge in [0, 0.05) is 0 Å². The fourth-order valence-electron chi connectivity index (χ4n) is 1.29. The van der Waals surface area contributed by atoms with E-state index in [2.05, 4.69) is 5.43 Å². The van der Waals surface area contributed by atoms with Gasteiger partial charge in [0.1, 0.15) is 17.1 Å². The van der Waals surface area contributed by atoms with Gasteiger partial charge in [-0.25, -0.2) is 5.43 Å². The van der Waals surface area contributed by atoms with E-state index in [1.54, 1.807) is 0 Å². The van der Waals surface area contributed by atoms with E-state index in [4.69, 9.17) is 15.0 Å². The zero-order chi connectivity index (χ0) is 8.60. The molecular weight excluding hydrogens is 156 g/mol. The molecule has 0 spiro atoms. The summed E-state index contributed by atoms with van der Waals surface area (Å²) in [6, 6.07) is 3.85. The molecule has 0 amide bonds. The molecule has 1 fully saturated rings. The molecule has 66 valence electrons. The summed E-state index contributed by atoms with van der Waals surface area (Å²) in [5.41, 5.74) is 2.44. The van der Waals surface area contributed by atoms with Crippen molar-refractivity contribution in [1.82, 2.24) is 5.43 Å². The molecular formula is C8H12N2O2. The molecule has 2 rings (SSSR count). The Kier molecular flexibility index (Phi) is 1.68. The minimum atomic E-state index is -0.283. The predicted octanol–water partition coefficient (Wildman–Crippen LogP) is 0.277. The van der Waals surface area contributed by atoms with Crippen molar-refractivity contribution in [2.24, 2.45) is 5.84 Å². The van der Waals surface area contributed by atoms with Crippen molar-refractivity contribution in [2.75, 3.05) is 13.2 Å². The summed E-state index contributed by atoms with van der Waals surface area (Å²) in [4.78, 5) is 0. The smallest absolute Gasteiger partial charge is 0.136 e. The molecule has 1 aromatic heterocycles. The second-order valence-corrected chi connectivity index (χ2v) is 3.13. The van der Waals surface area contributed by atoms with Gasteiger partial charge in [0.05, 0.1) is 13.2 Å². The van der Waals surface area contributed by atoms with Crippen molar-refractivity contribution < 1.29 is 9.15 Å². The van der Waals surface area contributed by atoms with Crippen LogP contribution in [0.25, 0.3) is 0 Å². The normalized spacial score (nSPS) is 20.5. The number of rotatable bonds is 2. The number of nitrogens with two attached hydrogens (primary N) is 1. The predicted molar refractivity (Wildman–Crippen MR) is 43.3 cm³/mol. The molecule has 0 aromatic carbocycles. The molecule has 4 nitrogen and oxygen atoms in total. The van der Waals surface area contributed by atoms with Gasteiger partial charge in [-0.3, -0.25) is 5.84 Å². The third-order valence-electron chi connectivity index (χ3n) is 2.19. The molecule has 1 aliphatic heterocycles. The minimum Gasteiger partial charge on any atom is -0.464 e. The van der Waals surface area contributed by atoms with E-state index in [0.29, 0.717) is 13.2 Å². The Hall–Kier alpha value is -0.840. The van der Waals surface area contributed by atoms with Crippen molar-refractivity contribution in [3.05, 3.63) is 23.7 Å². The molecule has 0 bridgehead atoms. The first-order chi connectivity index (χ1) is 5.77. The molecule has 4 heteroatoms. The van der Waals surface area contributed by atoms with Gasteiger partial charge in [0.15, 0.2) is 0 Å². The largest absolute Gasteiger partial charge is 0.464 e. The second kappa shape index (κ2) is 2.58. The van der Waals surface area contributed by atoms with Crippen LogP contribution in [-0.2, 0) is 10.3 Å². The topological polar surface area (TPSA) is 60.4 Å². The Balaban J connectivity index is 2.27. The van der Waals surface area contributed by atoms with Crippen LogP contribution in [0.1, 0.15) is 11.5 Å². The van der Waals surface area contributed by atoms with E-state index in [1.165, 1.54) is 0 Å². The second-order valence-electron chi connectivity index (χ2n) is 3.13. The van der Waals surface area contributed by atoms with Gasteiger partial charge >= 0.3 is 0 Å². The van der Waals surface area contributed by atoms with Crippen LogP contribution in [0.2, 0.25) is 0 Å². The first-order valence-electron chi connectivity index (χ1n) is 3.89. The zero-order valence-corrected chi connectivity index (χ0v) is 6.96. The summed E-state index contributed by atoms with van der Waals surface area (Å²) in [5.74, 6) is 7.17. The van der Waals surface area contributed by atoms with Crippen LogP contribution in [0.15, 0.2) is 16.5 Å². The van der Waals surface area contributed by atoms with E-state index < -0.39 is 0 Å². The third kappa shape index (κ3) is 0.964. The average Bonchev–Trinajstić information content (AvgIpc) is 2.35. The number of hydrogen-bond donors (Lipinski definition) is 2. The van der Waals surface area contributed by atoms with Crippen LogP contribution in [0.4, 0.5) is 0 Å². The molecule has 12 heavy (non-hydrogen) atoms. The Morgan fingerprint density at radius 1 is 1.50 bits per heavy atom. The molecule has 0 unspecified atom stereocenters. The van der Waals surface area contributed by atoms with Crippen LogP contribution in [0.3, 0.4) is 0 Å². The van der Waals surface area contributed by atoms with E-state index in [1.807, 2.05) is 19.1 Å². The molecule has 0 aliphatic carbocycles. The average molecular weight is 168 g/mol. The number of hydrogen-bond acceptors (Lipinski definition) is 4. The SMILES string of the molecule is Cc1ccc(C2(NN)COC2)o1. The lowest BCUT2D eigenvalue weighted by molar-refractivity contribution is -0.0889. The van der Waals surface area contributed by atoms with Gasteiger partial charge in [-0.05, 0) is 19.1 Å². The van der Waals surface area contributed by atoms with Gasteiger partial charge in [-0.2, -0.15) is 0 Å². The fraction of sp³-hybridized carbons (Fsp3) is 0.500. The van der Waals surface area contributed by atoms with Gasteiger partial charge in [-0.1, -0.05) is 0 Å². The highest BCUT2D eigenvalue weighted by atomic mass is 16.5. The standard InChI is InChI=1S/C8H12N2O2/c1-6-2-3-7(12-6)8(10-9)4-11-5-8/h2-3,10H,4-5,9H2,1H3. The van der Waals surface area contributed by atoms with Crippen LogP contribution in [0.5, 0.6) is 0 Å². The van der Waals surface area contributed by atoms with Crippen molar-refractivity contribution in [2.45, 2.75) is 12.5 Å². The van der Waals surface area contributed by atoms with E-state index in [-0.39, 0.29) is 5.54 Å². The lowest BCUT2D eigenvalue weighted by atomic mass is 9.95. The first-order valence-corrected chi connectivity index (χ1v) is 3.89. The maximum absolute atomic E-state index is 5.46. The minimum absolute atomic E-state index is 0.283. The third-order valence-corrected chi connectivity index (χ3v) is 2.19. The first kappa shape index (κ1) is 7.79. The number of aryl methyl sites for hydroxylation is 1. The molecule has 1 aliphatic rings. The quantitative estimate of drug-likeness (QED) is 0.491. The fourth-order valence-corrected chi connectivity index (χ4v) is 1.29. The van der Waals surface area contributed by atoms with Crippen molar-refractivity contribution in [3.63, 3.8) is 0 Å². The summed E-state index contributed by atoms with van der Waals surface area (Å²) in [6.45, 7) is 3.07. The van der Waals surface area contributed by atoms with Gasteiger partial charge in [0.2, 0.25) is 0 Å². The lowest BCUT2D eigenvalue weighted by Crippen LogP contribution is -2.59.